The SMILES string of the molecule is CCc1ccc(-c2csc(NC(=O)[C@H](C)Sc3nnc(COc4ccccc4F)n3N)n2)cc1. The Morgan fingerprint density at radius 2 is 2.00 bits per heavy atom. The predicted molar refractivity (Wildman–Crippen MR) is 132 cm³/mol. The Kier molecular flexibility index (Phi) is 7.43. The van der Waals surface area contributed by atoms with E-state index in [1.807, 2.05) is 17.5 Å². The number of thioether (sulfide) groups is 1. The molecule has 0 spiro atoms. The highest BCUT2D eigenvalue weighted by Crippen LogP contribution is 2.27. The normalized spacial score (nSPS) is 11.9. The lowest BCUT2D eigenvalue weighted by Gasteiger charge is -2.10. The molecule has 4 aromatic rings. The van der Waals surface area contributed by atoms with Crippen LogP contribution in [-0.4, -0.2) is 31.0 Å². The van der Waals surface area contributed by atoms with Gasteiger partial charge in [0.2, 0.25) is 11.1 Å². The summed E-state index contributed by atoms with van der Waals surface area (Å²) < 4.78 is 20.4. The number of para-hydroxylation sites is 1. The Balaban J connectivity index is 1.34. The summed E-state index contributed by atoms with van der Waals surface area (Å²) in [5, 5.41) is 13.1. The van der Waals surface area contributed by atoms with Crippen LogP contribution in [-0.2, 0) is 17.8 Å². The molecule has 4 rings (SSSR count). The van der Waals surface area contributed by atoms with E-state index in [1.54, 1.807) is 19.1 Å². The summed E-state index contributed by atoms with van der Waals surface area (Å²) in [5.41, 5.74) is 3.07. The second kappa shape index (κ2) is 10.7. The Labute approximate surface area is 204 Å². The number of nitrogens with two attached hydrogens (primary N) is 1. The molecule has 3 N–H and O–H groups in total. The summed E-state index contributed by atoms with van der Waals surface area (Å²) >= 11 is 2.51. The molecule has 34 heavy (non-hydrogen) atoms. The minimum atomic E-state index is -0.511. The number of hydrogen-bond acceptors (Lipinski definition) is 8. The lowest BCUT2D eigenvalue weighted by molar-refractivity contribution is -0.115. The van der Waals surface area contributed by atoms with Crippen molar-refractivity contribution in [3.8, 4) is 17.0 Å². The highest BCUT2D eigenvalue weighted by molar-refractivity contribution is 8.00. The lowest BCUT2D eigenvalue weighted by Crippen LogP contribution is -2.24. The van der Waals surface area contributed by atoms with Gasteiger partial charge in [-0.25, -0.2) is 14.1 Å². The van der Waals surface area contributed by atoms with Crippen molar-refractivity contribution in [2.24, 2.45) is 0 Å². The Morgan fingerprint density at radius 3 is 2.74 bits per heavy atom. The molecule has 0 radical (unpaired) electrons. The number of benzene rings is 2. The van der Waals surface area contributed by atoms with Crippen molar-refractivity contribution in [2.45, 2.75) is 37.3 Å². The maximum atomic E-state index is 13.7. The van der Waals surface area contributed by atoms with Crippen molar-refractivity contribution in [2.75, 3.05) is 11.2 Å². The standard InChI is InChI=1S/C23H23FN6O2S2/c1-3-15-8-10-16(11-9-15)18-13-33-22(26-18)27-21(31)14(2)34-23-29-28-20(30(23)25)12-32-19-7-5-4-6-17(19)24/h4-11,13-14H,3,12,25H2,1-2H3,(H,26,27,31)/t14-/m0/s1. The molecule has 2 aromatic heterocycles. The fourth-order valence-corrected chi connectivity index (χ4v) is 4.50. The van der Waals surface area contributed by atoms with E-state index in [-0.39, 0.29) is 18.3 Å². The zero-order chi connectivity index (χ0) is 24.1. The van der Waals surface area contributed by atoms with Crippen LogP contribution < -0.4 is 15.9 Å². The third kappa shape index (κ3) is 5.54. The molecule has 0 aliphatic rings. The molecule has 2 aromatic carbocycles. The minimum absolute atomic E-state index is 0.0628. The third-order valence-corrected chi connectivity index (χ3v) is 6.79. The quantitative estimate of drug-likeness (QED) is 0.258. The second-order valence-electron chi connectivity index (χ2n) is 7.33. The summed E-state index contributed by atoms with van der Waals surface area (Å²) in [5.74, 6) is 5.73. The number of nitrogens with zero attached hydrogens (tertiary/aromatic N) is 4. The van der Waals surface area contributed by atoms with Gasteiger partial charge in [0.1, 0.15) is 6.61 Å². The monoisotopic (exact) mass is 498 g/mol. The number of aromatic nitrogens is 4. The first kappa shape index (κ1) is 23.7. The first-order valence-corrected chi connectivity index (χ1v) is 12.3. The van der Waals surface area contributed by atoms with Gasteiger partial charge in [-0.1, -0.05) is 55.1 Å². The van der Waals surface area contributed by atoms with Gasteiger partial charge in [0.25, 0.3) is 0 Å². The molecule has 0 saturated heterocycles. The zero-order valence-corrected chi connectivity index (χ0v) is 20.2. The van der Waals surface area contributed by atoms with Crippen LogP contribution in [0, 0.1) is 5.82 Å². The summed E-state index contributed by atoms with van der Waals surface area (Å²) in [7, 11) is 0. The Hall–Kier alpha value is -3.44. The highest BCUT2D eigenvalue weighted by Gasteiger charge is 2.21. The number of amides is 1. The summed E-state index contributed by atoms with van der Waals surface area (Å²) in [4.78, 5) is 17.2. The van der Waals surface area contributed by atoms with Crippen LogP contribution in [0.25, 0.3) is 11.3 Å². The van der Waals surface area contributed by atoms with Gasteiger partial charge in [-0.05, 0) is 31.0 Å². The van der Waals surface area contributed by atoms with E-state index < -0.39 is 11.1 Å². The number of nitrogens with one attached hydrogen (secondary N) is 1. The summed E-state index contributed by atoms with van der Waals surface area (Å²) in [6, 6.07) is 14.3. The molecule has 0 aliphatic carbocycles. The number of rotatable bonds is 9. The Bertz CT molecular complexity index is 1270. The summed E-state index contributed by atoms with van der Waals surface area (Å²) in [6.45, 7) is 3.78. The van der Waals surface area contributed by atoms with Crippen molar-refractivity contribution in [3.05, 3.63) is 71.1 Å². The lowest BCUT2D eigenvalue weighted by atomic mass is 10.1. The van der Waals surface area contributed by atoms with Crippen LogP contribution in [0.4, 0.5) is 9.52 Å². The van der Waals surface area contributed by atoms with Crippen molar-refractivity contribution in [3.63, 3.8) is 0 Å². The van der Waals surface area contributed by atoms with Gasteiger partial charge >= 0.3 is 0 Å². The highest BCUT2D eigenvalue weighted by atomic mass is 32.2. The number of halogens is 1. The van der Waals surface area contributed by atoms with Gasteiger partial charge in [0.05, 0.1) is 10.9 Å². The topological polar surface area (TPSA) is 108 Å². The van der Waals surface area contributed by atoms with E-state index in [4.69, 9.17) is 10.6 Å². The van der Waals surface area contributed by atoms with Crippen molar-refractivity contribution < 1.29 is 13.9 Å². The van der Waals surface area contributed by atoms with E-state index in [0.29, 0.717) is 16.1 Å². The molecular weight excluding hydrogens is 475 g/mol. The number of ether oxygens (including phenoxy) is 1. The van der Waals surface area contributed by atoms with E-state index in [2.05, 4.69) is 39.6 Å². The average Bonchev–Trinajstić information content (AvgIpc) is 3.45. The molecule has 8 nitrogen and oxygen atoms in total. The summed E-state index contributed by atoms with van der Waals surface area (Å²) in [6.07, 6.45) is 0.977. The second-order valence-corrected chi connectivity index (χ2v) is 9.49. The van der Waals surface area contributed by atoms with E-state index in [0.717, 1.165) is 29.4 Å². The molecule has 176 valence electrons. The average molecular weight is 499 g/mol. The van der Waals surface area contributed by atoms with E-state index in [9.17, 15) is 9.18 Å². The number of carbonyl (C=O) groups excluding carboxylic acids is 1. The van der Waals surface area contributed by atoms with Gasteiger partial charge in [0, 0.05) is 10.9 Å². The number of aryl methyl sites for hydroxylation is 1. The number of nitrogen functional groups attached to an aromatic ring is 1. The van der Waals surface area contributed by atoms with Gasteiger partial charge < -0.3 is 15.9 Å². The van der Waals surface area contributed by atoms with Crippen LogP contribution in [0.2, 0.25) is 0 Å². The largest absolute Gasteiger partial charge is 0.482 e. The molecular formula is C23H23FN6O2S2. The maximum absolute atomic E-state index is 13.7. The van der Waals surface area contributed by atoms with Gasteiger partial charge in [-0.3, -0.25) is 4.79 Å². The van der Waals surface area contributed by atoms with Crippen LogP contribution in [0.3, 0.4) is 0 Å². The van der Waals surface area contributed by atoms with Crippen LogP contribution in [0.1, 0.15) is 25.2 Å². The zero-order valence-electron chi connectivity index (χ0n) is 18.6. The minimum Gasteiger partial charge on any atom is -0.482 e. The molecule has 0 bridgehead atoms. The number of thiazole rings is 1. The van der Waals surface area contributed by atoms with Crippen LogP contribution in [0.5, 0.6) is 5.75 Å². The molecule has 1 amide bonds. The fraction of sp³-hybridized carbons (Fsp3) is 0.217. The third-order valence-electron chi connectivity index (χ3n) is 4.97. The number of carbonyl (C=O) groups is 1. The van der Waals surface area contributed by atoms with Crippen molar-refractivity contribution in [1.82, 2.24) is 19.9 Å². The van der Waals surface area contributed by atoms with Gasteiger partial charge in [-0.15, -0.1) is 21.5 Å². The first-order chi connectivity index (χ1) is 16.4. The first-order valence-electron chi connectivity index (χ1n) is 10.5. The smallest absolute Gasteiger partial charge is 0.239 e. The van der Waals surface area contributed by atoms with Gasteiger partial charge in [-0.2, -0.15) is 0 Å². The van der Waals surface area contributed by atoms with Crippen LogP contribution >= 0.6 is 23.1 Å². The molecule has 0 unspecified atom stereocenters. The molecule has 0 aliphatic heterocycles. The van der Waals surface area contributed by atoms with Gasteiger partial charge in [0.15, 0.2) is 22.5 Å². The Morgan fingerprint density at radius 1 is 1.24 bits per heavy atom. The molecule has 0 saturated carbocycles. The number of anilines is 1. The molecule has 11 heteroatoms. The predicted octanol–water partition coefficient (Wildman–Crippen LogP) is 4.52. The van der Waals surface area contributed by atoms with Crippen molar-refractivity contribution >= 4 is 34.1 Å². The fourth-order valence-electron chi connectivity index (χ4n) is 2.98. The van der Waals surface area contributed by atoms with E-state index >= 15 is 0 Å². The molecule has 1 atom stereocenters. The van der Waals surface area contributed by atoms with Crippen molar-refractivity contribution in [1.29, 1.82) is 0 Å². The molecule has 2 heterocycles. The van der Waals surface area contributed by atoms with Crippen LogP contribution in [0.15, 0.2) is 59.1 Å². The number of hydrogen-bond donors (Lipinski definition) is 2. The van der Waals surface area contributed by atoms with E-state index in [1.165, 1.54) is 33.7 Å². The molecule has 0 fully saturated rings. The maximum Gasteiger partial charge on any atom is 0.239 e.